The lowest BCUT2D eigenvalue weighted by atomic mass is 10.0. The molecule has 0 radical (unpaired) electrons. The lowest BCUT2D eigenvalue weighted by Crippen LogP contribution is -2.42. The van der Waals surface area contributed by atoms with E-state index in [-0.39, 0.29) is 11.6 Å². The molecule has 2 aromatic rings. The van der Waals surface area contributed by atoms with Crippen LogP contribution in [0.25, 0.3) is 0 Å². The molecule has 10 heteroatoms. The Hall–Kier alpha value is -2.78. The summed E-state index contributed by atoms with van der Waals surface area (Å²) in [6, 6.07) is 2.02. The third kappa shape index (κ3) is 4.32. The van der Waals surface area contributed by atoms with E-state index in [1.807, 2.05) is 25.1 Å². The van der Waals surface area contributed by atoms with Gasteiger partial charge in [-0.2, -0.15) is 5.10 Å². The molecule has 2 aromatic heterocycles. The maximum absolute atomic E-state index is 13.1. The number of carbonyl (C=O) groups is 1. The summed E-state index contributed by atoms with van der Waals surface area (Å²) < 4.78 is 27.4. The molecule has 146 valence electrons. The molecule has 1 N–H and O–H groups in total. The summed E-state index contributed by atoms with van der Waals surface area (Å²) >= 11 is 0. The van der Waals surface area contributed by atoms with Crippen LogP contribution in [-0.2, 0) is 7.05 Å². The van der Waals surface area contributed by atoms with Gasteiger partial charge in [-0.05, 0) is 12.8 Å². The number of carbonyl (C=O) groups excluding carboxylic acids is 1. The number of hydrogen-bond donors (Lipinski definition) is 1. The first-order valence-corrected chi connectivity index (χ1v) is 8.72. The molecule has 0 aromatic carbocycles. The summed E-state index contributed by atoms with van der Waals surface area (Å²) in [4.78, 5) is 24.5. The first-order valence-electron chi connectivity index (χ1n) is 8.72. The molecule has 0 atom stereocenters. The van der Waals surface area contributed by atoms with Crippen LogP contribution in [0.15, 0.2) is 18.6 Å². The molecule has 0 spiro atoms. The van der Waals surface area contributed by atoms with Crippen LogP contribution in [0.5, 0.6) is 0 Å². The highest BCUT2D eigenvalue weighted by molar-refractivity contribution is 5.95. The summed E-state index contributed by atoms with van der Waals surface area (Å²) in [6.45, 7) is 0.972. The van der Waals surface area contributed by atoms with E-state index >= 15 is 0 Å². The molecule has 8 nitrogen and oxygen atoms in total. The van der Waals surface area contributed by atoms with E-state index in [1.54, 1.807) is 4.90 Å². The SMILES string of the molecule is CN(C)c1cc(NC2CCN(C(=O)c3cn(C)nc3C(F)F)CC2)ncn1. The number of anilines is 2. The number of aryl methyl sites for hydroxylation is 1. The predicted octanol–water partition coefficient (Wildman–Crippen LogP) is 1.93. The van der Waals surface area contributed by atoms with E-state index in [4.69, 9.17) is 0 Å². The first kappa shape index (κ1) is 19.0. The van der Waals surface area contributed by atoms with Crippen LogP contribution in [0.2, 0.25) is 0 Å². The Morgan fingerprint density at radius 3 is 2.63 bits per heavy atom. The van der Waals surface area contributed by atoms with Crippen LogP contribution in [0, 0.1) is 0 Å². The van der Waals surface area contributed by atoms with E-state index < -0.39 is 18.0 Å². The molecule has 3 heterocycles. The standard InChI is InChI=1S/C17H23F2N7O/c1-24(2)14-8-13(20-10-21-14)22-11-4-6-26(7-5-11)17(27)12-9-25(3)23-15(12)16(18)19/h8-11,16H,4-7H2,1-3H3,(H,20,21,22). The van der Waals surface area contributed by atoms with Crippen molar-refractivity contribution < 1.29 is 13.6 Å². The number of hydrogen-bond acceptors (Lipinski definition) is 6. The van der Waals surface area contributed by atoms with E-state index in [9.17, 15) is 13.6 Å². The van der Waals surface area contributed by atoms with Crippen LogP contribution in [0.4, 0.5) is 20.4 Å². The summed E-state index contributed by atoms with van der Waals surface area (Å²) in [7, 11) is 5.34. The van der Waals surface area contributed by atoms with Crippen molar-refractivity contribution in [2.45, 2.75) is 25.3 Å². The van der Waals surface area contributed by atoms with Crippen molar-refractivity contribution in [3.63, 3.8) is 0 Å². The van der Waals surface area contributed by atoms with Crippen molar-refractivity contribution in [1.29, 1.82) is 0 Å². The normalized spacial score (nSPS) is 15.3. The van der Waals surface area contributed by atoms with E-state index in [0.29, 0.717) is 25.9 Å². The van der Waals surface area contributed by atoms with E-state index in [0.717, 1.165) is 11.6 Å². The van der Waals surface area contributed by atoms with Crippen LogP contribution in [0.3, 0.4) is 0 Å². The smallest absolute Gasteiger partial charge is 0.282 e. The summed E-state index contributed by atoms with van der Waals surface area (Å²) in [5, 5.41) is 7.06. The zero-order valence-electron chi connectivity index (χ0n) is 15.6. The van der Waals surface area contributed by atoms with Crippen molar-refractivity contribution in [3.8, 4) is 0 Å². The van der Waals surface area contributed by atoms with Gasteiger partial charge in [0.2, 0.25) is 0 Å². The summed E-state index contributed by atoms with van der Waals surface area (Å²) in [6.07, 6.45) is 1.50. The second-order valence-corrected chi connectivity index (χ2v) is 6.77. The van der Waals surface area contributed by atoms with E-state index in [1.165, 1.54) is 24.3 Å². The lowest BCUT2D eigenvalue weighted by molar-refractivity contribution is 0.0706. The monoisotopic (exact) mass is 379 g/mol. The Labute approximate surface area is 156 Å². The van der Waals surface area contributed by atoms with Crippen molar-refractivity contribution in [2.24, 2.45) is 7.05 Å². The number of rotatable bonds is 5. The molecule has 1 aliphatic heterocycles. The molecule has 0 bridgehead atoms. The zero-order chi connectivity index (χ0) is 19.6. The number of likely N-dealkylation sites (tertiary alicyclic amines) is 1. The van der Waals surface area contributed by atoms with Gasteiger partial charge >= 0.3 is 0 Å². The fourth-order valence-corrected chi connectivity index (χ4v) is 3.11. The van der Waals surface area contributed by atoms with Crippen molar-refractivity contribution in [3.05, 3.63) is 29.8 Å². The minimum atomic E-state index is -2.77. The topological polar surface area (TPSA) is 79.2 Å². The molecule has 0 unspecified atom stereocenters. The second kappa shape index (κ2) is 7.85. The highest BCUT2D eigenvalue weighted by Gasteiger charge is 2.29. The van der Waals surface area contributed by atoms with Gasteiger partial charge in [-0.25, -0.2) is 18.7 Å². The van der Waals surface area contributed by atoms with Crippen molar-refractivity contribution in [1.82, 2.24) is 24.6 Å². The van der Waals surface area contributed by atoms with Gasteiger partial charge < -0.3 is 15.1 Å². The Bertz CT molecular complexity index is 800. The van der Waals surface area contributed by atoms with Gasteiger partial charge in [0.05, 0.1) is 5.56 Å². The second-order valence-electron chi connectivity index (χ2n) is 6.77. The predicted molar refractivity (Wildman–Crippen MR) is 97.1 cm³/mol. The number of nitrogens with one attached hydrogen (secondary N) is 1. The van der Waals surface area contributed by atoms with Gasteiger partial charge in [-0.15, -0.1) is 0 Å². The number of aromatic nitrogens is 4. The Kier molecular flexibility index (Phi) is 5.52. The lowest BCUT2D eigenvalue weighted by Gasteiger charge is -2.32. The number of nitrogens with zero attached hydrogens (tertiary/aromatic N) is 6. The highest BCUT2D eigenvalue weighted by atomic mass is 19.3. The van der Waals surface area contributed by atoms with Crippen LogP contribution in [-0.4, -0.2) is 63.8 Å². The molecule has 1 amide bonds. The van der Waals surface area contributed by atoms with Crippen LogP contribution in [0.1, 0.15) is 35.3 Å². The Morgan fingerprint density at radius 1 is 1.30 bits per heavy atom. The van der Waals surface area contributed by atoms with Gasteiger partial charge in [0.25, 0.3) is 12.3 Å². The average molecular weight is 379 g/mol. The van der Waals surface area contributed by atoms with Gasteiger partial charge in [0.15, 0.2) is 0 Å². The molecule has 0 aliphatic carbocycles. The van der Waals surface area contributed by atoms with Gasteiger partial charge in [-0.1, -0.05) is 0 Å². The van der Waals surface area contributed by atoms with Crippen molar-refractivity contribution in [2.75, 3.05) is 37.4 Å². The largest absolute Gasteiger partial charge is 0.367 e. The molecule has 1 fully saturated rings. The minimum Gasteiger partial charge on any atom is -0.367 e. The first-order chi connectivity index (χ1) is 12.8. The van der Waals surface area contributed by atoms with Gasteiger partial charge in [-0.3, -0.25) is 9.48 Å². The summed E-state index contributed by atoms with van der Waals surface area (Å²) in [5.74, 6) is 1.13. The number of amides is 1. The fraction of sp³-hybridized carbons (Fsp3) is 0.529. The number of alkyl halides is 2. The Balaban J connectivity index is 1.60. The molecule has 27 heavy (non-hydrogen) atoms. The van der Waals surface area contributed by atoms with Crippen molar-refractivity contribution >= 4 is 17.5 Å². The quantitative estimate of drug-likeness (QED) is 0.855. The molecule has 3 rings (SSSR count). The molecule has 1 aliphatic rings. The molecular weight excluding hydrogens is 356 g/mol. The molecular formula is C17H23F2N7O. The number of halogens is 2. The molecule has 1 saturated heterocycles. The van der Waals surface area contributed by atoms with Gasteiger partial charge in [0.1, 0.15) is 23.7 Å². The summed E-state index contributed by atoms with van der Waals surface area (Å²) in [5.41, 5.74) is -0.481. The maximum Gasteiger partial charge on any atom is 0.282 e. The minimum absolute atomic E-state index is 0.0228. The van der Waals surface area contributed by atoms with Crippen LogP contribution < -0.4 is 10.2 Å². The third-order valence-corrected chi connectivity index (χ3v) is 4.54. The number of piperidine rings is 1. The highest BCUT2D eigenvalue weighted by Crippen LogP contribution is 2.24. The Morgan fingerprint density at radius 2 is 2.00 bits per heavy atom. The fourth-order valence-electron chi connectivity index (χ4n) is 3.11. The van der Waals surface area contributed by atoms with Crippen LogP contribution >= 0.6 is 0 Å². The van der Waals surface area contributed by atoms with Gasteiger partial charge in [0, 0.05) is 52.5 Å². The average Bonchev–Trinajstić information content (AvgIpc) is 3.04. The molecule has 0 saturated carbocycles. The zero-order valence-corrected chi connectivity index (χ0v) is 15.6. The van der Waals surface area contributed by atoms with E-state index in [2.05, 4.69) is 20.4 Å². The maximum atomic E-state index is 13.1. The third-order valence-electron chi connectivity index (χ3n) is 4.54.